The van der Waals surface area contributed by atoms with Gasteiger partial charge in [-0.25, -0.2) is 0 Å². The van der Waals surface area contributed by atoms with Crippen LogP contribution in [0.15, 0.2) is 24.3 Å². The molecule has 6 heteroatoms. The number of fused-ring (bicyclic) bond motifs is 2. The summed E-state index contributed by atoms with van der Waals surface area (Å²) in [7, 11) is 0. The van der Waals surface area contributed by atoms with E-state index in [9.17, 15) is 9.90 Å². The Hall–Kier alpha value is -2.37. The van der Waals surface area contributed by atoms with Crippen molar-refractivity contribution in [3.8, 4) is 5.75 Å². The number of hydrogen-bond donors (Lipinski definition) is 1. The van der Waals surface area contributed by atoms with Crippen LogP contribution in [0.4, 0.5) is 0 Å². The Morgan fingerprint density at radius 2 is 2.19 bits per heavy atom. The van der Waals surface area contributed by atoms with Crippen molar-refractivity contribution in [2.45, 2.75) is 25.3 Å². The van der Waals surface area contributed by atoms with E-state index in [-0.39, 0.29) is 11.8 Å². The van der Waals surface area contributed by atoms with Gasteiger partial charge in [0, 0.05) is 18.5 Å². The molecule has 4 rings (SSSR count). The number of aryl methyl sites for hydroxylation is 1. The summed E-state index contributed by atoms with van der Waals surface area (Å²) in [6.45, 7) is 0.987. The third-order valence-electron chi connectivity index (χ3n) is 4.34. The summed E-state index contributed by atoms with van der Waals surface area (Å²) in [5.41, 5.74) is 1.10. The summed E-state index contributed by atoms with van der Waals surface area (Å²) in [5, 5.41) is 17.8. The first-order valence-corrected chi connectivity index (χ1v) is 7.10. The molecular weight excluding hydrogens is 270 g/mol. The van der Waals surface area contributed by atoms with Crippen LogP contribution in [0.3, 0.4) is 0 Å². The van der Waals surface area contributed by atoms with E-state index >= 15 is 0 Å². The van der Waals surface area contributed by atoms with Crippen molar-refractivity contribution in [2.75, 3.05) is 6.61 Å². The van der Waals surface area contributed by atoms with Crippen LogP contribution in [0, 0.1) is 5.92 Å². The molecule has 2 aromatic rings. The highest BCUT2D eigenvalue weighted by atomic mass is 16.5. The maximum atomic E-state index is 11.2. The third kappa shape index (κ3) is 1.90. The number of carbonyl (C=O) groups is 1. The molecule has 0 spiro atoms. The van der Waals surface area contributed by atoms with Gasteiger partial charge >= 0.3 is 5.97 Å². The van der Waals surface area contributed by atoms with Crippen molar-refractivity contribution in [3.05, 3.63) is 41.5 Å². The number of aliphatic carboxylic acids is 1. The van der Waals surface area contributed by atoms with Crippen molar-refractivity contribution < 1.29 is 14.6 Å². The molecule has 6 nitrogen and oxygen atoms in total. The molecule has 0 saturated carbocycles. The molecule has 2 aliphatic rings. The van der Waals surface area contributed by atoms with Crippen LogP contribution < -0.4 is 4.74 Å². The SMILES string of the molecule is O=C(O)C1CCc2nnc(C3COc4ccccc43)n2C1. The van der Waals surface area contributed by atoms with Crippen molar-refractivity contribution in [3.63, 3.8) is 0 Å². The van der Waals surface area contributed by atoms with Crippen molar-refractivity contribution >= 4 is 5.97 Å². The summed E-state index contributed by atoms with van der Waals surface area (Å²) in [5.74, 6) is 1.52. The number of carboxylic acids is 1. The zero-order valence-corrected chi connectivity index (χ0v) is 11.4. The van der Waals surface area contributed by atoms with Crippen LogP contribution in [-0.2, 0) is 17.8 Å². The number of benzene rings is 1. The number of aromatic nitrogens is 3. The third-order valence-corrected chi connectivity index (χ3v) is 4.34. The molecule has 1 aromatic carbocycles. The highest BCUT2D eigenvalue weighted by Crippen LogP contribution is 2.38. The molecule has 0 aliphatic carbocycles. The summed E-state index contributed by atoms with van der Waals surface area (Å²) in [6, 6.07) is 7.91. The van der Waals surface area contributed by atoms with Gasteiger partial charge in [-0.3, -0.25) is 4.79 Å². The molecule has 2 unspecified atom stereocenters. The number of para-hydroxylation sites is 1. The lowest BCUT2D eigenvalue weighted by molar-refractivity contribution is -0.142. The van der Waals surface area contributed by atoms with Gasteiger partial charge in [0.25, 0.3) is 0 Å². The summed E-state index contributed by atoms with van der Waals surface area (Å²) in [4.78, 5) is 11.2. The average Bonchev–Trinajstić information content (AvgIpc) is 3.09. The van der Waals surface area contributed by atoms with Gasteiger partial charge in [0.05, 0.1) is 11.8 Å². The molecule has 2 aliphatic heterocycles. The van der Waals surface area contributed by atoms with E-state index in [0.29, 0.717) is 26.0 Å². The Labute approximate surface area is 121 Å². The van der Waals surface area contributed by atoms with E-state index in [0.717, 1.165) is 23.0 Å². The number of carboxylic acid groups (broad SMARTS) is 1. The molecule has 0 fully saturated rings. The van der Waals surface area contributed by atoms with Crippen LogP contribution in [-0.4, -0.2) is 32.4 Å². The fourth-order valence-corrected chi connectivity index (χ4v) is 3.18. The topological polar surface area (TPSA) is 77.2 Å². The van der Waals surface area contributed by atoms with E-state index in [4.69, 9.17) is 4.74 Å². The summed E-state index contributed by atoms with van der Waals surface area (Å²) >= 11 is 0. The van der Waals surface area contributed by atoms with Gasteiger partial charge in [0.2, 0.25) is 0 Å². The monoisotopic (exact) mass is 285 g/mol. The van der Waals surface area contributed by atoms with Gasteiger partial charge in [-0.15, -0.1) is 10.2 Å². The Morgan fingerprint density at radius 3 is 3.05 bits per heavy atom. The molecular formula is C15H15N3O3. The maximum Gasteiger partial charge on any atom is 0.308 e. The van der Waals surface area contributed by atoms with Crippen molar-refractivity contribution in [1.29, 1.82) is 0 Å². The van der Waals surface area contributed by atoms with Crippen molar-refractivity contribution in [1.82, 2.24) is 14.8 Å². The van der Waals surface area contributed by atoms with Crippen LogP contribution in [0.25, 0.3) is 0 Å². The number of hydrogen-bond acceptors (Lipinski definition) is 4. The quantitative estimate of drug-likeness (QED) is 0.903. The number of ether oxygens (including phenoxy) is 1. The minimum atomic E-state index is -0.747. The molecule has 1 N–H and O–H groups in total. The smallest absolute Gasteiger partial charge is 0.308 e. The van der Waals surface area contributed by atoms with Crippen molar-refractivity contribution in [2.24, 2.45) is 5.92 Å². The highest BCUT2D eigenvalue weighted by molar-refractivity contribution is 5.70. The lowest BCUT2D eigenvalue weighted by Crippen LogP contribution is -2.28. The second kappa shape index (κ2) is 4.58. The fraction of sp³-hybridized carbons (Fsp3) is 0.400. The van der Waals surface area contributed by atoms with Crippen LogP contribution >= 0.6 is 0 Å². The molecule has 0 bridgehead atoms. The van der Waals surface area contributed by atoms with E-state index in [1.54, 1.807) is 0 Å². The molecule has 0 saturated heterocycles. The number of rotatable bonds is 2. The highest BCUT2D eigenvalue weighted by Gasteiger charge is 2.34. The minimum Gasteiger partial charge on any atom is -0.492 e. The second-order valence-corrected chi connectivity index (χ2v) is 5.56. The lowest BCUT2D eigenvalue weighted by atomic mass is 9.97. The standard InChI is InChI=1S/C15H15N3O3/c19-15(20)9-5-6-13-16-17-14(18(13)7-9)11-8-21-12-4-2-1-3-10(11)12/h1-4,9,11H,5-8H2,(H,19,20). The van der Waals surface area contributed by atoms with Gasteiger partial charge < -0.3 is 14.4 Å². The Morgan fingerprint density at radius 1 is 1.33 bits per heavy atom. The minimum absolute atomic E-state index is 0.0370. The largest absolute Gasteiger partial charge is 0.492 e. The Bertz CT molecular complexity index is 710. The van der Waals surface area contributed by atoms with E-state index in [1.807, 2.05) is 28.8 Å². The van der Waals surface area contributed by atoms with Gasteiger partial charge in [0.1, 0.15) is 24.0 Å². The molecule has 21 heavy (non-hydrogen) atoms. The van der Waals surface area contributed by atoms with Gasteiger partial charge in [-0.1, -0.05) is 18.2 Å². The average molecular weight is 285 g/mol. The van der Waals surface area contributed by atoms with Gasteiger partial charge in [-0.2, -0.15) is 0 Å². The molecule has 2 atom stereocenters. The normalized spacial score (nSPS) is 23.2. The predicted octanol–water partition coefficient (Wildman–Crippen LogP) is 1.45. The predicted molar refractivity (Wildman–Crippen MR) is 73.2 cm³/mol. The first-order valence-electron chi connectivity index (χ1n) is 7.10. The molecule has 3 heterocycles. The van der Waals surface area contributed by atoms with Crippen LogP contribution in [0.2, 0.25) is 0 Å². The van der Waals surface area contributed by atoms with E-state index in [1.165, 1.54) is 0 Å². The molecule has 0 amide bonds. The van der Waals surface area contributed by atoms with Gasteiger partial charge in [-0.05, 0) is 12.5 Å². The summed E-state index contributed by atoms with van der Waals surface area (Å²) in [6.07, 6.45) is 1.30. The number of nitrogens with zero attached hydrogens (tertiary/aromatic N) is 3. The molecule has 108 valence electrons. The Balaban J connectivity index is 1.72. The second-order valence-electron chi connectivity index (χ2n) is 5.56. The first kappa shape index (κ1) is 12.4. The Kier molecular flexibility index (Phi) is 2.70. The van der Waals surface area contributed by atoms with Crippen LogP contribution in [0.1, 0.15) is 29.6 Å². The maximum absolute atomic E-state index is 11.2. The van der Waals surface area contributed by atoms with Gasteiger partial charge in [0.15, 0.2) is 0 Å². The lowest BCUT2D eigenvalue weighted by Gasteiger charge is -2.22. The fourth-order valence-electron chi connectivity index (χ4n) is 3.18. The van der Waals surface area contributed by atoms with Crippen LogP contribution in [0.5, 0.6) is 5.75 Å². The van der Waals surface area contributed by atoms with E-state index < -0.39 is 5.97 Å². The van der Waals surface area contributed by atoms with E-state index in [2.05, 4.69) is 10.2 Å². The zero-order chi connectivity index (χ0) is 14.4. The molecule has 1 aromatic heterocycles. The first-order chi connectivity index (χ1) is 10.2. The zero-order valence-electron chi connectivity index (χ0n) is 11.4. The summed E-state index contributed by atoms with van der Waals surface area (Å²) < 4.78 is 7.67. The molecule has 0 radical (unpaired) electrons.